The van der Waals surface area contributed by atoms with Crippen molar-refractivity contribution in [1.29, 1.82) is 0 Å². The van der Waals surface area contributed by atoms with Crippen LogP contribution in [0.1, 0.15) is 62.4 Å². The number of rotatable bonds is 1. The van der Waals surface area contributed by atoms with Crippen LogP contribution >= 0.6 is 0 Å². The Morgan fingerprint density at radius 1 is 1.14 bits per heavy atom. The molecule has 1 aliphatic carbocycles. The molecule has 0 unspecified atom stereocenters. The second-order valence-electron chi connectivity index (χ2n) is 9.40. The van der Waals surface area contributed by atoms with E-state index in [4.69, 9.17) is 0 Å². The topological polar surface area (TPSA) is 49.4 Å². The van der Waals surface area contributed by atoms with Crippen molar-refractivity contribution in [2.45, 2.75) is 52.9 Å². The van der Waals surface area contributed by atoms with Gasteiger partial charge in [-0.3, -0.25) is 9.59 Å². The smallest absolute Gasteiger partial charge is 0.253 e. The van der Waals surface area contributed by atoms with E-state index in [0.717, 1.165) is 50.0 Å². The summed E-state index contributed by atoms with van der Waals surface area (Å²) in [6.45, 7) is 8.37. The minimum absolute atomic E-state index is 0.00204. The van der Waals surface area contributed by atoms with Crippen LogP contribution in [0, 0.1) is 11.3 Å². The number of carbonyl (C=O) groups excluding carboxylic acids is 2. The average molecular weight is 379 g/mol. The summed E-state index contributed by atoms with van der Waals surface area (Å²) in [6, 6.07) is 5.61. The molecule has 148 valence electrons. The molecule has 0 radical (unpaired) electrons. The van der Waals surface area contributed by atoms with Gasteiger partial charge in [0.25, 0.3) is 5.91 Å². The maximum atomic E-state index is 13.4. The minimum Gasteiger partial charge on any atom is -0.338 e. The van der Waals surface area contributed by atoms with Gasteiger partial charge in [-0.1, -0.05) is 32.9 Å². The van der Waals surface area contributed by atoms with Crippen LogP contribution < -0.4 is 5.32 Å². The van der Waals surface area contributed by atoms with Crippen LogP contribution in [0.3, 0.4) is 0 Å². The van der Waals surface area contributed by atoms with Gasteiger partial charge in [-0.2, -0.15) is 0 Å². The Morgan fingerprint density at radius 3 is 2.64 bits per heavy atom. The summed E-state index contributed by atoms with van der Waals surface area (Å²) >= 11 is 0. The molecule has 4 rings (SSSR count). The molecule has 1 saturated heterocycles. The molecule has 0 saturated carbocycles. The van der Waals surface area contributed by atoms with E-state index in [9.17, 15) is 9.59 Å². The molecule has 1 N–H and O–H groups in total. The Morgan fingerprint density at radius 2 is 1.89 bits per heavy atom. The summed E-state index contributed by atoms with van der Waals surface area (Å²) in [6.07, 6.45) is 9.37. The molecule has 3 aliphatic rings. The van der Waals surface area contributed by atoms with Crippen molar-refractivity contribution in [3.63, 3.8) is 0 Å². The van der Waals surface area contributed by atoms with Crippen LogP contribution in [-0.2, 0) is 11.2 Å². The number of hydrogen-bond acceptors (Lipinski definition) is 2. The fourth-order valence-corrected chi connectivity index (χ4v) is 4.51. The number of carbonyl (C=O) groups is 2. The van der Waals surface area contributed by atoms with Gasteiger partial charge < -0.3 is 10.2 Å². The molecule has 2 heterocycles. The second-order valence-corrected chi connectivity index (χ2v) is 9.40. The van der Waals surface area contributed by atoms with E-state index in [0.29, 0.717) is 17.9 Å². The van der Waals surface area contributed by atoms with Gasteiger partial charge in [0, 0.05) is 24.3 Å². The number of benzene rings is 1. The monoisotopic (exact) mass is 378 g/mol. The van der Waals surface area contributed by atoms with E-state index in [1.165, 1.54) is 11.1 Å². The summed E-state index contributed by atoms with van der Waals surface area (Å²) < 4.78 is 0. The van der Waals surface area contributed by atoms with Crippen molar-refractivity contribution >= 4 is 17.5 Å². The molecule has 0 spiro atoms. The van der Waals surface area contributed by atoms with Gasteiger partial charge in [0.15, 0.2) is 0 Å². The lowest BCUT2D eigenvalue weighted by Crippen LogP contribution is -2.41. The summed E-state index contributed by atoms with van der Waals surface area (Å²) in [5, 5.41) is 2.84. The van der Waals surface area contributed by atoms with Gasteiger partial charge in [0.2, 0.25) is 5.91 Å². The quantitative estimate of drug-likeness (QED) is 0.768. The van der Waals surface area contributed by atoms with Crippen LogP contribution in [0.5, 0.6) is 0 Å². The van der Waals surface area contributed by atoms with Crippen LogP contribution in [0.25, 0.3) is 0 Å². The summed E-state index contributed by atoms with van der Waals surface area (Å²) in [7, 11) is 0. The number of hydrogen-bond donors (Lipinski definition) is 1. The molecular weight excluding hydrogens is 348 g/mol. The Hall–Kier alpha value is -2.36. The van der Waals surface area contributed by atoms with E-state index in [1.807, 2.05) is 23.1 Å². The van der Waals surface area contributed by atoms with Gasteiger partial charge in [-0.15, -0.1) is 0 Å². The number of nitrogens with one attached hydrogen (secondary N) is 1. The van der Waals surface area contributed by atoms with Crippen molar-refractivity contribution in [3.8, 4) is 0 Å². The lowest BCUT2D eigenvalue weighted by molar-refractivity contribution is -0.115. The van der Waals surface area contributed by atoms with Crippen LogP contribution in [0.15, 0.2) is 41.5 Å². The molecule has 1 aromatic carbocycles. The average Bonchev–Trinajstić information content (AvgIpc) is 3.00. The van der Waals surface area contributed by atoms with Crippen molar-refractivity contribution in [3.05, 3.63) is 52.6 Å². The summed E-state index contributed by atoms with van der Waals surface area (Å²) in [4.78, 5) is 27.0. The van der Waals surface area contributed by atoms with Gasteiger partial charge in [0.05, 0.1) is 6.42 Å². The predicted molar refractivity (Wildman–Crippen MR) is 112 cm³/mol. The molecule has 28 heavy (non-hydrogen) atoms. The summed E-state index contributed by atoms with van der Waals surface area (Å²) in [5.74, 6) is 0.504. The highest BCUT2D eigenvalue weighted by Gasteiger charge is 2.32. The van der Waals surface area contributed by atoms with Gasteiger partial charge in [-0.25, -0.2) is 0 Å². The standard InChI is InChI=1S/C24H30N2O2/c1-24(2,3)20-13-17-7-5-4-6-16(17)10-11-26(15-20)23(28)18-8-9-21-19(12-18)14-22(27)25-21/h6-9,12,20H,4-5,10-11,13-15H2,1-3H3,(H,25,27)/t20-/m0/s1. The highest BCUT2D eigenvalue weighted by Crippen LogP contribution is 2.38. The number of likely N-dealkylation sites (tertiary alicyclic amines) is 1. The maximum Gasteiger partial charge on any atom is 0.253 e. The van der Waals surface area contributed by atoms with Crippen LogP contribution in [0.4, 0.5) is 5.69 Å². The molecule has 1 atom stereocenters. The Bertz CT molecular complexity index is 873. The fourth-order valence-electron chi connectivity index (χ4n) is 4.51. The SMILES string of the molecule is CC(C)(C)[C@H]1CC2=CCCC=C2CCN(C(=O)c2ccc3c(c2)CC(=O)N3)C1. The second kappa shape index (κ2) is 7.23. The zero-order valence-corrected chi connectivity index (χ0v) is 17.2. The Kier molecular flexibility index (Phi) is 4.90. The molecule has 4 heteroatoms. The van der Waals surface area contributed by atoms with E-state index in [2.05, 4.69) is 38.2 Å². The van der Waals surface area contributed by atoms with Gasteiger partial charge in [-0.05, 0) is 71.9 Å². The molecule has 0 bridgehead atoms. The van der Waals surface area contributed by atoms with Crippen molar-refractivity contribution in [2.75, 3.05) is 18.4 Å². The highest BCUT2D eigenvalue weighted by molar-refractivity contribution is 6.01. The number of amides is 2. The molecule has 1 aromatic rings. The lowest BCUT2D eigenvalue weighted by atomic mass is 9.74. The zero-order chi connectivity index (χ0) is 19.9. The molecule has 2 aliphatic heterocycles. The third-order valence-electron chi connectivity index (χ3n) is 6.41. The van der Waals surface area contributed by atoms with Crippen LogP contribution in [0.2, 0.25) is 0 Å². The number of allylic oxidation sites excluding steroid dienone is 3. The first-order chi connectivity index (χ1) is 13.3. The summed E-state index contributed by atoms with van der Waals surface area (Å²) in [5.41, 5.74) is 5.52. The molecule has 2 amide bonds. The van der Waals surface area contributed by atoms with E-state index >= 15 is 0 Å². The molecule has 0 aromatic heterocycles. The Balaban J connectivity index is 1.60. The number of fused-ring (bicyclic) bond motifs is 2. The highest BCUT2D eigenvalue weighted by atomic mass is 16.2. The molecule has 1 fully saturated rings. The first kappa shape index (κ1) is 19.0. The molecular formula is C24H30N2O2. The third-order valence-corrected chi connectivity index (χ3v) is 6.41. The van der Waals surface area contributed by atoms with Crippen molar-refractivity contribution in [2.24, 2.45) is 11.3 Å². The Labute approximate surface area is 167 Å². The first-order valence-corrected chi connectivity index (χ1v) is 10.4. The maximum absolute atomic E-state index is 13.4. The third kappa shape index (κ3) is 3.78. The fraction of sp³-hybridized carbons (Fsp3) is 0.500. The van der Waals surface area contributed by atoms with E-state index < -0.39 is 0 Å². The first-order valence-electron chi connectivity index (χ1n) is 10.4. The number of nitrogens with zero attached hydrogens (tertiary/aromatic N) is 1. The van der Waals surface area contributed by atoms with E-state index in [1.54, 1.807) is 0 Å². The predicted octanol–water partition coefficient (Wildman–Crippen LogP) is 4.73. The normalized spacial score (nSPS) is 22.3. The van der Waals surface area contributed by atoms with Crippen molar-refractivity contribution in [1.82, 2.24) is 4.90 Å². The largest absolute Gasteiger partial charge is 0.338 e. The van der Waals surface area contributed by atoms with Gasteiger partial charge in [0.1, 0.15) is 0 Å². The number of anilines is 1. The van der Waals surface area contributed by atoms with Crippen molar-refractivity contribution < 1.29 is 9.59 Å². The zero-order valence-electron chi connectivity index (χ0n) is 17.2. The van der Waals surface area contributed by atoms with Gasteiger partial charge >= 0.3 is 0 Å². The van der Waals surface area contributed by atoms with Crippen LogP contribution in [-0.4, -0.2) is 29.8 Å². The minimum atomic E-state index is 0.00204. The van der Waals surface area contributed by atoms with E-state index in [-0.39, 0.29) is 17.2 Å². The molecule has 4 nitrogen and oxygen atoms in total. The lowest BCUT2D eigenvalue weighted by Gasteiger charge is -2.39.